The molecule has 0 spiro atoms. The molecule has 2 aromatic rings. The number of rotatable bonds is 5. The largest absolute Gasteiger partial charge is 0.366 e. The van der Waals surface area contributed by atoms with Gasteiger partial charge in [0.15, 0.2) is 0 Å². The van der Waals surface area contributed by atoms with E-state index in [-0.39, 0.29) is 0 Å². The minimum absolute atomic E-state index is 0.694. The molecule has 0 fully saturated rings. The summed E-state index contributed by atoms with van der Waals surface area (Å²) in [7, 11) is 0. The number of nitrogens with one attached hydrogen (secondary N) is 1. The summed E-state index contributed by atoms with van der Waals surface area (Å²) in [5.41, 5.74) is 9.19. The highest BCUT2D eigenvalue weighted by atomic mass is 79.9. The van der Waals surface area contributed by atoms with Gasteiger partial charge in [0.25, 0.3) is 0 Å². The molecule has 3 N–H and O–H groups in total. The minimum atomic E-state index is 0.694. The molecule has 100 valence electrons. The molecule has 0 bridgehead atoms. The Labute approximate surface area is 122 Å². The quantitative estimate of drug-likeness (QED) is 0.889. The van der Waals surface area contributed by atoms with Crippen LogP contribution < -0.4 is 11.1 Å². The van der Waals surface area contributed by atoms with Crippen molar-refractivity contribution in [2.75, 3.05) is 11.9 Å². The standard InChI is InChI=1S/C15H18BrN3/c1-11-8-14(16)10-19-15(11)18-9-13-4-2-12(3-5-13)6-7-17/h2-5,8,10H,6-7,9,17H2,1H3,(H,18,19). The fourth-order valence-electron chi connectivity index (χ4n) is 1.90. The number of anilines is 1. The van der Waals surface area contributed by atoms with Gasteiger partial charge in [-0.25, -0.2) is 4.98 Å². The van der Waals surface area contributed by atoms with Crippen molar-refractivity contribution in [1.82, 2.24) is 4.98 Å². The number of hydrogen-bond acceptors (Lipinski definition) is 3. The van der Waals surface area contributed by atoms with E-state index in [1.807, 2.05) is 6.92 Å². The molecular formula is C15H18BrN3. The maximum Gasteiger partial charge on any atom is 0.129 e. The van der Waals surface area contributed by atoms with Crippen LogP contribution in [0.25, 0.3) is 0 Å². The van der Waals surface area contributed by atoms with Gasteiger partial charge in [0.05, 0.1) is 0 Å². The molecular weight excluding hydrogens is 302 g/mol. The predicted molar refractivity (Wildman–Crippen MR) is 83.2 cm³/mol. The van der Waals surface area contributed by atoms with Gasteiger partial charge in [0, 0.05) is 17.2 Å². The molecule has 0 unspecified atom stereocenters. The molecule has 0 saturated carbocycles. The second-order valence-electron chi connectivity index (χ2n) is 4.53. The first-order valence-electron chi connectivity index (χ1n) is 6.33. The lowest BCUT2D eigenvalue weighted by atomic mass is 10.1. The van der Waals surface area contributed by atoms with Gasteiger partial charge in [-0.1, -0.05) is 24.3 Å². The van der Waals surface area contributed by atoms with Crippen molar-refractivity contribution in [3.63, 3.8) is 0 Å². The third-order valence-electron chi connectivity index (χ3n) is 2.96. The first kappa shape index (κ1) is 14.0. The number of hydrogen-bond donors (Lipinski definition) is 2. The lowest BCUT2D eigenvalue weighted by molar-refractivity contribution is 0.965. The Bertz CT molecular complexity index is 538. The summed E-state index contributed by atoms with van der Waals surface area (Å²) >= 11 is 3.41. The van der Waals surface area contributed by atoms with E-state index < -0.39 is 0 Å². The van der Waals surface area contributed by atoms with Crippen molar-refractivity contribution in [1.29, 1.82) is 0 Å². The van der Waals surface area contributed by atoms with Crippen LogP contribution in [0.2, 0.25) is 0 Å². The van der Waals surface area contributed by atoms with Crippen molar-refractivity contribution in [2.45, 2.75) is 19.9 Å². The fourth-order valence-corrected chi connectivity index (χ4v) is 2.35. The Morgan fingerprint density at radius 3 is 2.53 bits per heavy atom. The Balaban J connectivity index is 1.98. The molecule has 0 radical (unpaired) electrons. The SMILES string of the molecule is Cc1cc(Br)cnc1NCc1ccc(CCN)cc1. The van der Waals surface area contributed by atoms with Crippen LogP contribution in [0.15, 0.2) is 41.0 Å². The zero-order valence-corrected chi connectivity index (χ0v) is 12.6. The minimum Gasteiger partial charge on any atom is -0.366 e. The molecule has 0 aliphatic carbocycles. The van der Waals surface area contributed by atoms with Crippen molar-refractivity contribution >= 4 is 21.7 Å². The van der Waals surface area contributed by atoms with Crippen LogP contribution in [0, 0.1) is 6.92 Å². The van der Waals surface area contributed by atoms with Gasteiger partial charge in [-0.2, -0.15) is 0 Å². The van der Waals surface area contributed by atoms with Crippen LogP contribution >= 0.6 is 15.9 Å². The normalized spacial score (nSPS) is 10.5. The topological polar surface area (TPSA) is 50.9 Å². The summed E-state index contributed by atoms with van der Waals surface area (Å²) in [4.78, 5) is 4.37. The van der Waals surface area contributed by atoms with Gasteiger partial charge in [-0.3, -0.25) is 0 Å². The lowest BCUT2D eigenvalue weighted by Crippen LogP contribution is -2.04. The number of nitrogens with two attached hydrogens (primary N) is 1. The number of benzene rings is 1. The summed E-state index contributed by atoms with van der Waals surface area (Å²) < 4.78 is 1.00. The number of nitrogens with zero attached hydrogens (tertiary/aromatic N) is 1. The molecule has 19 heavy (non-hydrogen) atoms. The van der Waals surface area contributed by atoms with E-state index in [1.165, 1.54) is 11.1 Å². The van der Waals surface area contributed by atoms with E-state index in [9.17, 15) is 0 Å². The van der Waals surface area contributed by atoms with E-state index in [4.69, 9.17) is 5.73 Å². The van der Waals surface area contributed by atoms with Gasteiger partial charge in [0.1, 0.15) is 5.82 Å². The van der Waals surface area contributed by atoms with Crippen molar-refractivity contribution in [3.05, 3.63) is 57.7 Å². The molecule has 0 amide bonds. The molecule has 1 aromatic heterocycles. The molecule has 4 heteroatoms. The van der Waals surface area contributed by atoms with Crippen molar-refractivity contribution in [3.8, 4) is 0 Å². The van der Waals surface area contributed by atoms with Crippen LogP contribution in [-0.4, -0.2) is 11.5 Å². The number of pyridine rings is 1. The highest BCUT2D eigenvalue weighted by Gasteiger charge is 2.00. The monoisotopic (exact) mass is 319 g/mol. The van der Waals surface area contributed by atoms with Gasteiger partial charge in [-0.15, -0.1) is 0 Å². The molecule has 3 nitrogen and oxygen atoms in total. The first-order chi connectivity index (χ1) is 9.19. The zero-order valence-electron chi connectivity index (χ0n) is 11.0. The summed E-state index contributed by atoms with van der Waals surface area (Å²) in [5.74, 6) is 0.925. The van der Waals surface area contributed by atoms with E-state index in [0.717, 1.165) is 28.8 Å². The Kier molecular flexibility index (Phi) is 4.93. The maximum atomic E-state index is 5.54. The van der Waals surface area contributed by atoms with Gasteiger partial charge >= 0.3 is 0 Å². The van der Waals surface area contributed by atoms with Gasteiger partial charge < -0.3 is 11.1 Å². The average molecular weight is 320 g/mol. The van der Waals surface area contributed by atoms with E-state index in [0.29, 0.717) is 6.54 Å². The highest BCUT2D eigenvalue weighted by molar-refractivity contribution is 9.10. The van der Waals surface area contributed by atoms with Crippen LogP contribution in [0.5, 0.6) is 0 Å². The summed E-state index contributed by atoms with van der Waals surface area (Å²) in [6.07, 6.45) is 2.74. The molecule has 0 aliphatic heterocycles. The lowest BCUT2D eigenvalue weighted by Gasteiger charge is -2.09. The maximum absolute atomic E-state index is 5.54. The van der Waals surface area contributed by atoms with Crippen LogP contribution in [0.1, 0.15) is 16.7 Å². The van der Waals surface area contributed by atoms with Gasteiger partial charge in [0.2, 0.25) is 0 Å². The Morgan fingerprint density at radius 2 is 1.89 bits per heavy atom. The van der Waals surface area contributed by atoms with Crippen molar-refractivity contribution < 1.29 is 0 Å². The molecule has 2 rings (SSSR count). The highest BCUT2D eigenvalue weighted by Crippen LogP contribution is 2.17. The van der Waals surface area contributed by atoms with Crippen LogP contribution in [0.4, 0.5) is 5.82 Å². The molecule has 1 aromatic carbocycles. The zero-order chi connectivity index (χ0) is 13.7. The second-order valence-corrected chi connectivity index (χ2v) is 5.44. The Morgan fingerprint density at radius 1 is 1.21 bits per heavy atom. The van der Waals surface area contributed by atoms with Crippen LogP contribution in [-0.2, 0) is 13.0 Å². The average Bonchev–Trinajstić information content (AvgIpc) is 2.40. The second kappa shape index (κ2) is 6.68. The third-order valence-corrected chi connectivity index (χ3v) is 3.39. The number of aryl methyl sites for hydroxylation is 1. The Hall–Kier alpha value is -1.39. The summed E-state index contributed by atoms with van der Waals surface area (Å²) in [6, 6.07) is 10.6. The smallest absolute Gasteiger partial charge is 0.129 e. The fraction of sp³-hybridized carbons (Fsp3) is 0.267. The molecule has 1 heterocycles. The molecule has 0 aliphatic rings. The van der Waals surface area contributed by atoms with E-state index in [2.05, 4.69) is 56.6 Å². The summed E-state index contributed by atoms with van der Waals surface area (Å²) in [5, 5.41) is 3.35. The summed E-state index contributed by atoms with van der Waals surface area (Å²) in [6.45, 7) is 3.52. The first-order valence-corrected chi connectivity index (χ1v) is 7.12. The number of halogens is 1. The predicted octanol–water partition coefficient (Wildman–Crippen LogP) is 3.27. The van der Waals surface area contributed by atoms with Gasteiger partial charge in [-0.05, 0) is 58.6 Å². The third kappa shape index (κ3) is 4.04. The molecule has 0 saturated heterocycles. The van der Waals surface area contributed by atoms with E-state index in [1.54, 1.807) is 6.20 Å². The van der Waals surface area contributed by atoms with Crippen molar-refractivity contribution in [2.24, 2.45) is 5.73 Å². The number of aromatic nitrogens is 1. The molecule has 0 atom stereocenters. The van der Waals surface area contributed by atoms with E-state index >= 15 is 0 Å². The van der Waals surface area contributed by atoms with Crippen LogP contribution in [0.3, 0.4) is 0 Å².